The van der Waals surface area contributed by atoms with E-state index < -0.39 is 11.8 Å². The van der Waals surface area contributed by atoms with Crippen LogP contribution in [0.1, 0.15) is 31.7 Å². The van der Waals surface area contributed by atoms with Gasteiger partial charge in [-0.1, -0.05) is 30.3 Å². The summed E-state index contributed by atoms with van der Waals surface area (Å²) in [6.07, 6.45) is 3.81. The number of nitrogens with zero attached hydrogens (tertiary/aromatic N) is 4. The Kier molecular flexibility index (Phi) is 9.04. The number of hydrogen-bond acceptors (Lipinski definition) is 10. The summed E-state index contributed by atoms with van der Waals surface area (Å²) in [5.41, 5.74) is 6.89. The van der Waals surface area contributed by atoms with Crippen LogP contribution < -0.4 is 10.6 Å². The van der Waals surface area contributed by atoms with E-state index in [2.05, 4.69) is 15.1 Å². The Labute approximate surface area is 201 Å². The van der Waals surface area contributed by atoms with Gasteiger partial charge in [0.1, 0.15) is 31.3 Å². The molecule has 0 unspecified atom stereocenters. The number of oxime groups is 1. The summed E-state index contributed by atoms with van der Waals surface area (Å²) in [6, 6.07) is 4.73. The summed E-state index contributed by atoms with van der Waals surface area (Å²) < 4.78 is 24.9. The molecule has 1 aliphatic rings. The average molecular weight is 487 g/mol. The highest BCUT2D eigenvalue weighted by atomic mass is 19.1. The number of carbonyl (C=O) groups excluding carboxylic acids is 2. The molecule has 35 heavy (non-hydrogen) atoms. The molecular formula is C23H27FN6O5. The first-order valence-electron chi connectivity index (χ1n) is 11.0. The predicted octanol–water partition coefficient (Wildman–Crippen LogP) is 2.19. The Balaban J connectivity index is 1.50. The second-order valence-electron chi connectivity index (χ2n) is 7.73. The van der Waals surface area contributed by atoms with Gasteiger partial charge in [0.05, 0.1) is 18.8 Å². The van der Waals surface area contributed by atoms with Crippen LogP contribution in [-0.4, -0.2) is 59.8 Å². The Morgan fingerprint density at radius 1 is 1.17 bits per heavy atom. The molecule has 0 amide bonds. The minimum atomic E-state index is -0.701. The largest absolute Gasteiger partial charge is 0.462 e. The second kappa shape index (κ2) is 12.4. The summed E-state index contributed by atoms with van der Waals surface area (Å²) in [6.45, 7) is 2.95. The summed E-state index contributed by atoms with van der Waals surface area (Å²) in [5, 5.41) is 11.1. The second-order valence-corrected chi connectivity index (χ2v) is 7.73. The van der Waals surface area contributed by atoms with Gasteiger partial charge in [0, 0.05) is 35.5 Å². The van der Waals surface area contributed by atoms with Gasteiger partial charge in [-0.15, -0.1) is 0 Å². The fraction of sp³-hybridized carbons (Fsp3) is 0.391. The van der Waals surface area contributed by atoms with Crippen molar-refractivity contribution in [1.29, 1.82) is 5.41 Å². The van der Waals surface area contributed by atoms with Crippen LogP contribution in [0.25, 0.3) is 11.1 Å². The van der Waals surface area contributed by atoms with E-state index in [0.29, 0.717) is 31.0 Å². The summed E-state index contributed by atoms with van der Waals surface area (Å²) >= 11 is 0. The van der Waals surface area contributed by atoms with E-state index in [1.807, 2.05) is 11.8 Å². The molecule has 2 aromatic rings. The summed E-state index contributed by atoms with van der Waals surface area (Å²) in [4.78, 5) is 38.5. The first-order valence-corrected chi connectivity index (χ1v) is 11.0. The number of nitrogens with two attached hydrogens (primary N) is 1. The van der Waals surface area contributed by atoms with Gasteiger partial charge >= 0.3 is 11.9 Å². The molecule has 0 spiro atoms. The normalized spacial score (nSPS) is 12.5. The number of rotatable bonds is 12. The van der Waals surface area contributed by atoms with Crippen LogP contribution in [0.5, 0.6) is 0 Å². The van der Waals surface area contributed by atoms with Crippen LogP contribution in [0.2, 0.25) is 0 Å². The summed E-state index contributed by atoms with van der Waals surface area (Å²) in [5.74, 6) is -1.35. The molecule has 3 rings (SSSR count). The average Bonchev–Trinajstić information content (AvgIpc) is 2.79. The van der Waals surface area contributed by atoms with Crippen LogP contribution >= 0.6 is 0 Å². The molecule has 1 fully saturated rings. The number of carbonyl (C=O) groups is 2. The van der Waals surface area contributed by atoms with Gasteiger partial charge < -0.3 is 24.9 Å². The quantitative estimate of drug-likeness (QED) is 0.151. The number of anilines is 1. The molecule has 11 nitrogen and oxygen atoms in total. The van der Waals surface area contributed by atoms with Crippen molar-refractivity contribution in [1.82, 2.24) is 9.97 Å². The molecule has 0 aliphatic carbocycles. The van der Waals surface area contributed by atoms with Crippen molar-refractivity contribution in [3.63, 3.8) is 0 Å². The maximum atomic E-state index is 14.9. The molecule has 0 saturated carbocycles. The summed E-state index contributed by atoms with van der Waals surface area (Å²) in [7, 11) is 0. The van der Waals surface area contributed by atoms with Crippen LogP contribution in [0.4, 0.5) is 10.3 Å². The fourth-order valence-corrected chi connectivity index (χ4v) is 3.10. The van der Waals surface area contributed by atoms with Crippen molar-refractivity contribution in [3.05, 3.63) is 42.0 Å². The topological polar surface area (TPSA) is 153 Å². The van der Waals surface area contributed by atoms with E-state index in [1.165, 1.54) is 18.5 Å². The van der Waals surface area contributed by atoms with Gasteiger partial charge in [0.15, 0.2) is 6.61 Å². The number of benzene rings is 1. The first kappa shape index (κ1) is 25.5. The molecule has 1 saturated heterocycles. The zero-order valence-corrected chi connectivity index (χ0v) is 19.3. The number of hydrogen-bond donors (Lipinski definition) is 2. The van der Waals surface area contributed by atoms with E-state index in [9.17, 15) is 14.0 Å². The maximum absolute atomic E-state index is 14.9. The van der Waals surface area contributed by atoms with Gasteiger partial charge in [-0.25, -0.2) is 14.4 Å². The van der Waals surface area contributed by atoms with Crippen LogP contribution in [0.15, 0.2) is 35.7 Å². The van der Waals surface area contributed by atoms with Gasteiger partial charge in [-0.2, -0.15) is 0 Å². The van der Waals surface area contributed by atoms with Crippen LogP contribution in [0, 0.1) is 11.2 Å². The van der Waals surface area contributed by atoms with Crippen LogP contribution in [0.3, 0.4) is 0 Å². The minimum absolute atomic E-state index is 0.155. The van der Waals surface area contributed by atoms with E-state index in [4.69, 9.17) is 25.5 Å². The molecule has 2 heterocycles. The minimum Gasteiger partial charge on any atom is -0.462 e. The lowest BCUT2D eigenvalue weighted by molar-refractivity contribution is -0.145. The van der Waals surface area contributed by atoms with E-state index in [-0.39, 0.29) is 49.2 Å². The van der Waals surface area contributed by atoms with Crippen molar-refractivity contribution in [3.8, 4) is 11.1 Å². The molecule has 1 aromatic carbocycles. The highest BCUT2D eigenvalue weighted by molar-refractivity contribution is 5.98. The molecule has 1 aromatic heterocycles. The lowest BCUT2D eigenvalue weighted by atomic mass is 10.1. The molecule has 186 valence electrons. The lowest BCUT2D eigenvalue weighted by Gasteiger charge is -2.31. The number of amidine groups is 1. The Hall–Kier alpha value is -4.09. The van der Waals surface area contributed by atoms with Gasteiger partial charge in [0.25, 0.3) is 0 Å². The third kappa shape index (κ3) is 7.45. The number of esters is 2. The van der Waals surface area contributed by atoms with Gasteiger partial charge in [0.2, 0.25) is 5.95 Å². The molecule has 0 bridgehead atoms. The van der Waals surface area contributed by atoms with Gasteiger partial charge in [-0.3, -0.25) is 15.0 Å². The monoisotopic (exact) mass is 486 g/mol. The molecule has 3 N–H and O–H groups in total. The number of ether oxygens (including phenoxy) is 2. The third-order valence-electron chi connectivity index (χ3n) is 4.87. The molecule has 12 heteroatoms. The molecular weight excluding hydrogens is 459 g/mol. The van der Waals surface area contributed by atoms with Gasteiger partial charge in [-0.05, 0) is 6.42 Å². The van der Waals surface area contributed by atoms with Crippen LogP contribution in [-0.2, 0) is 30.5 Å². The van der Waals surface area contributed by atoms with E-state index in [1.54, 1.807) is 12.1 Å². The predicted molar refractivity (Wildman–Crippen MR) is 125 cm³/mol. The molecule has 0 radical (unpaired) electrons. The maximum Gasteiger partial charge on any atom is 0.313 e. The van der Waals surface area contributed by atoms with Crippen molar-refractivity contribution in [2.45, 2.75) is 32.8 Å². The van der Waals surface area contributed by atoms with Crippen molar-refractivity contribution in [2.75, 3.05) is 31.2 Å². The van der Waals surface area contributed by atoms with Crippen molar-refractivity contribution >= 4 is 29.4 Å². The highest BCUT2D eigenvalue weighted by Crippen LogP contribution is 2.26. The Bertz CT molecular complexity index is 1080. The highest BCUT2D eigenvalue weighted by Gasteiger charge is 2.25. The third-order valence-corrected chi connectivity index (χ3v) is 4.87. The lowest BCUT2D eigenvalue weighted by Crippen LogP contribution is -2.48. The zero-order valence-electron chi connectivity index (χ0n) is 19.3. The number of aromatic nitrogens is 2. The van der Waals surface area contributed by atoms with E-state index >= 15 is 0 Å². The smallest absolute Gasteiger partial charge is 0.313 e. The number of halogens is 1. The molecule has 1 aliphatic heterocycles. The standard InChI is InChI=1S/C23H27FN6O5/c1-2-4-20(31)33-7-8-35-29-17-12-30(13-17)23-27-10-16(11-28-23)18-6-3-5-15(22(18)24)14-34-21(32)9-19(25)26/h3,5-6,10-11H,2,4,7-9,12-14H2,1H3,(H3,25,26). The Morgan fingerprint density at radius 3 is 2.60 bits per heavy atom. The van der Waals surface area contributed by atoms with Crippen molar-refractivity contribution in [2.24, 2.45) is 10.9 Å². The zero-order chi connectivity index (χ0) is 25.2. The SMILES string of the molecule is CCCC(=O)OCCON=C1CN(c2ncc(-c3cccc(COC(=O)CC(=N)N)c3F)cn2)C1. The van der Waals surface area contributed by atoms with E-state index in [0.717, 1.165) is 12.1 Å². The molecule has 0 atom stereocenters. The number of nitrogens with one attached hydrogen (secondary N) is 1. The fourth-order valence-electron chi connectivity index (χ4n) is 3.10. The van der Waals surface area contributed by atoms with Crippen molar-refractivity contribution < 1.29 is 28.3 Å². The Morgan fingerprint density at radius 2 is 1.91 bits per heavy atom. The first-order chi connectivity index (χ1) is 16.9.